The van der Waals surface area contributed by atoms with Gasteiger partial charge < -0.3 is 5.32 Å². The summed E-state index contributed by atoms with van der Waals surface area (Å²) in [6, 6.07) is 7.55. The van der Waals surface area contributed by atoms with Crippen LogP contribution in [0.3, 0.4) is 0 Å². The van der Waals surface area contributed by atoms with Crippen molar-refractivity contribution < 1.29 is 4.79 Å². The number of hydrogen-bond donors (Lipinski definition) is 3. The number of carbonyl (C=O) groups excluding carboxylic acids is 1. The average molecular weight is 302 g/mol. The predicted octanol–water partition coefficient (Wildman–Crippen LogP) is 2.18. The first-order valence-electron chi connectivity index (χ1n) is 4.73. The van der Waals surface area contributed by atoms with Crippen LogP contribution in [-0.2, 0) is 4.79 Å². The summed E-state index contributed by atoms with van der Waals surface area (Å²) in [5.41, 5.74) is 5.92. The summed E-state index contributed by atoms with van der Waals surface area (Å²) in [6.07, 6.45) is 0.411. The molecule has 0 saturated carbocycles. The van der Waals surface area contributed by atoms with Crippen LogP contribution in [0.25, 0.3) is 0 Å². The normalized spacial score (nSPS) is 9.38. The molecule has 0 aromatic heterocycles. The molecule has 0 fully saturated rings. The van der Waals surface area contributed by atoms with E-state index < -0.39 is 0 Å². The molecular weight excluding hydrogens is 290 g/mol. The summed E-state index contributed by atoms with van der Waals surface area (Å²) in [7, 11) is 0. The Kier molecular flexibility index (Phi) is 5.21. The number of rotatable bonds is 2. The van der Waals surface area contributed by atoms with Crippen molar-refractivity contribution >= 4 is 44.9 Å². The summed E-state index contributed by atoms with van der Waals surface area (Å²) >= 11 is 8.32. The Balaban J connectivity index is 2.40. The lowest BCUT2D eigenvalue weighted by Crippen LogP contribution is -2.43. The molecule has 0 heterocycles. The van der Waals surface area contributed by atoms with Gasteiger partial charge in [0, 0.05) is 16.6 Å². The van der Waals surface area contributed by atoms with Gasteiger partial charge in [0.1, 0.15) is 0 Å². The van der Waals surface area contributed by atoms with Crippen LogP contribution in [-0.4, -0.2) is 11.0 Å². The summed E-state index contributed by atoms with van der Waals surface area (Å²) in [6.45, 7) is 1.77. The van der Waals surface area contributed by atoms with E-state index in [1.54, 1.807) is 6.92 Å². The first-order chi connectivity index (χ1) is 7.61. The van der Waals surface area contributed by atoms with E-state index in [9.17, 15) is 4.79 Å². The van der Waals surface area contributed by atoms with Crippen LogP contribution in [0.4, 0.5) is 5.69 Å². The second-order valence-corrected chi connectivity index (χ2v) is 4.31. The summed E-state index contributed by atoms with van der Waals surface area (Å²) < 4.78 is 0.996. The lowest BCUT2D eigenvalue weighted by molar-refractivity contribution is -0.121. The number of anilines is 1. The van der Waals surface area contributed by atoms with Crippen molar-refractivity contribution in [1.82, 2.24) is 10.9 Å². The first kappa shape index (κ1) is 12.9. The molecular formula is C10H12BrN3OS. The van der Waals surface area contributed by atoms with Crippen LogP contribution in [0.1, 0.15) is 13.3 Å². The number of benzene rings is 1. The minimum absolute atomic E-state index is 0.111. The lowest BCUT2D eigenvalue weighted by atomic mass is 10.3. The van der Waals surface area contributed by atoms with Gasteiger partial charge in [-0.2, -0.15) is 0 Å². The molecule has 0 aliphatic carbocycles. The largest absolute Gasteiger partial charge is 0.331 e. The van der Waals surface area contributed by atoms with E-state index in [-0.39, 0.29) is 5.91 Å². The molecule has 0 radical (unpaired) electrons. The number of amides is 1. The Morgan fingerprint density at radius 1 is 1.31 bits per heavy atom. The third-order valence-corrected chi connectivity index (χ3v) is 2.47. The lowest BCUT2D eigenvalue weighted by Gasteiger charge is -2.10. The summed E-state index contributed by atoms with van der Waals surface area (Å²) in [5, 5.41) is 3.28. The van der Waals surface area contributed by atoms with Crippen molar-refractivity contribution in [2.45, 2.75) is 13.3 Å². The van der Waals surface area contributed by atoms with Gasteiger partial charge in [0.15, 0.2) is 5.11 Å². The van der Waals surface area contributed by atoms with Gasteiger partial charge in [0.05, 0.1) is 0 Å². The molecule has 6 heteroatoms. The Morgan fingerprint density at radius 2 is 1.94 bits per heavy atom. The number of nitrogens with one attached hydrogen (secondary N) is 3. The zero-order chi connectivity index (χ0) is 12.0. The molecule has 0 atom stereocenters. The van der Waals surface area contributed by atoms with Crippen LogP contribution in [0.15, 0.2) is 28.7 Å². The third-order valence-electron chi connectivity index (χ3n) is 1.74. The van der Waals surface area contributed by atoms with Crippen molar-refractivity contribution in [3.8, 4) is 0 Å². The molecule has 0 spiro atoms. The molecule has 4 nitrogen and oxygen atoms in total. The fourth-order valence-electron chi connectivity index (χ4n) is 0.910. The van der Waals surface area contributed by atoms with Crippen molar-refractivity contribution in [1.29, 1.82) is 0 Å². The van der Waals surface area contributed by atoms with Crippen molar-refractivity contribution in [2.75, 3.05) is 5.32 Å². The van der Waals surface area contributed by atoms with E-state index in [1.807, 2.05) is 24.3 Å². The van der Waals surface area contributed by atoms with Gasteiger partial charge in [0.2, 0.25) is 5.91 Å². The minimum Gasteiger partial charge on any atom is -0.331 e. The number of hydrazine groups is 1. The molecule has 1 amide bonds. The Hall–Kier alpha value is -1.14. The minimum atomic E-state index is -0.111. The van der Waals surface area contributed by atoms with Crippen LogP contribution in [0.2, 0.25) is 0 Å². The maximum atomic E-state index is 10.9. The zero-order valence-corrected chi connectivity index (χ0v) is 11.1. The second-order valence-electron chi connectivity index (χ2n) is 2.99. The number of thiocarbonyl (C=S) groups is 1. The summed E-state index contributed by atoms with van der Waals surface area (Å²) in [4.78, 5) is 10.9. The van der Waals surface area contributed by atoms with E-state index in [0.29, 0.717) is 11.5 Å². The molecule has 0 unspecified atom stereocenters. The van der Waals surface area contributed by atoms with Gasteiger partial charge in [0.25, 0.3) is 0 Å². The SMILES string of the molecule is CCC(=O)NNC(=S)Nc1ccc(Br)cc1. The van der Waals surface area contributed by atoms with Crippen LogP contribution >= 0.6 is 28.1 Å². The number of carbonyl (C=O) groups is 1. The van der Waals surface area contributed by atoms with Gasteiger partial charge in [-0.05, 0) is 36.5 Å². The predicted molar refractivity (Wildman–Crippen MR) is 71.9 cm³/mol. The van der Waals surface area contributed by atoms with Crippen molar-refractivity contribution in [3.05, 3.63) is 28.7 Å². The molecule has 0 aliphatic heterocycles. The maximum absolute atomic E-state index is 10.9. The van der Waals surface area contributed by atoms with Crippen LogP contribution in [0, 0.1) is 0 Å². The molecule has 3 N–H and O–H groups in total. The number of hydrogen-bond acceptors (Lipinski definition) is 2. The molecule has 0 bridgehead atoms. The molecule has 86 valence electrons. The number of halogens is 1. The highest BCUT2D eigenvalue weighted by atomic mass is 79.9. The Labute approximate surface area is 108 Å². The average Bonchev–Trinajstić information content (AvgIpc) is 2.29. The Morgan fingerprint density at radius 3 is 2.50 bits per heavy atom. The monoisotopic (exact) mass is 301 g/mol. The first-order valence-corrected chi connectivity index (χ1v) is 5.93. The highest BCUT2D eigenvalue weighted by Crippen LogP contribution is 2.13. The van der Waals surface area contributed by atoms with Gasteiger partial charge >= 0.3 is 0 Å². The maximum Gasteiger partial charge on any atom is 0.238 e. The third kappa shape index (κ3) is 4.59. The smallest absolute Gasteiger partial charge is 0.238 e. The fourth-order valence-corrected chi connectivity index (χ4v) is 1.34. The van der Waals surface area contributed by atoms with E-state index in [2.05, 4.69) is 32.1 Å². The Bertz CT molecular complexity index is 380. The fraction of sp³-hybridized carbons (Fsp3) is 0.200. The standard InChI is InChI=1S/C10H12BrN3OS/c1-2-9(15)13-14-10(16)12-8-5-3-7(11)4-6-8/h3-6H,2H2,1H3,(H,13,15)(H2,12,14,16). The van der Waals surface area contributed by atoms with Gasteiger partial charge in [-0.15, -0.1) is 0 Å². The van der Waals surface area contributed by atoms with E-state index in [4.69, 9.17) is 12.2 Å². The quantitative estimate of drug-likeness (QED) is 0.579. The topological polar surface area (TPSA) is 53.2 Å². The second kappa shape index (κ2) is 6.44. The molecule has 1 aromatic carbocycles. The highest BCUT2D eigenvalue weighted by molar-refractivity contribution is 9.10. The van der Waals surface area contributed by atoms with Crippen molar-refractivity contribution in [3.63, 3.8) is 0 Å². The van der Waals surface area contributed by atoms with Crippen LogP contribution < -0.4 is 16.2 Å². The van der Waals surface area contributed by atoms with Crippen molar-refractivity contribution in [2.24, 2.45) is 0 Å². The molecule has 16 heavy (non-hydrogen) atoms. The van der Waals surface area contributed by atoms with E-state index >= 15 is 0 Å². The van der Waals surface area contributed by atoms with Gasteiger partial charge in [-0.25, -0.2) is 0 Å². The molecule has 0 saturated heterocycles. The summed E-state index contributed by atoms with van der Waals surface area (Å²) in [5.74, 6) is -0.111. The van der Waals surface area contributed by atoms with Crippen LogP contribution in [0.5, 0.6) is 0 Å². The van der Waals surface area contributed by atoms with Gasteiger partial charge in [-0.1, -0.05) is 22.9 Å². The van der Waals surface area contributed by atoms with E-state index in [0.717, 1.165) is 10.2 Å². The van der Waals surface area contributed by atoms with E-state index in [1.165, 1.54) is 0 Å². The molecule has 1 aromatic rings. The highest BCUT2D eigenvalue weighted by Gasteiger charge is 1.99. The zero-order valence-electron chi connectivity index (χ0n) is 8.71. The molecule has 0 aliphatic rings. The van der Waals surface area contributed by atoms with Gasteiger partial charge in [-0.3, -0.25) is 15.6 Å². The molecule has 1 rings (SSSR count).